The van der Waals surface area contributed by atoms with Crippen molar-refractivity contribution in [2.75, 3.05) is 13.7 Å². The maximum atomic E-state index is 5.69. The molecule has 0 bridgehead atoms. The molecule has 0 saturated carbocycles. The molecule has 0 unspecified atom stereocenters. The molecule has 19 heavy (non-hydrogen) atoms. The van der Waals surface area contributed by atoms with E-state index in [-0.39, 0.29) is 12.2 Å². The zero-order chi connectivity index (χ0) is 14.5. The summed E-state index contributed by atoms with van der Waals surface area (Å²) in [5, 5.41) is 0. The summed E-state index contributed by atoms with van der Waals surface area (Å²) in [6, 6.07) is 5.56. The molecule has 0 heterocycles. The van der Waals surface area contributed by atoms with Gasteiger partial charge in [-0.3, -0.25) is 0 Å². The van der Waals surface area contributed by atoms with Crippen molar-refractivity contribution >= 4 is 0 Å². The second-order valence-electron chi connectivity index (χ2n) is 5.22. The zero-order valence-corrected chi connectivity index (χ0v) is 12.2. The summed E-state index contributed by atoms with van der Waals surface area (Å²) in [5.74, 6) is 2.01. The summed E-state index contributed by atoms with van der Waals surface area (Å²) in [6.45, 7) is 10.4. The predicted molar refractivity (Wildman–Crippen MR) is 76.4 cm³/mol. The van der Waals surface area contributed by atoms with Gasteiger partial charge in [-0.25, -0.2) is 0 Å². The van der Waals surface area contributed by atoms with Gasteiger partial charge in [-0.05, 0) is 26.8 Å². The van der Waals surface area contributed by atoms with E-state index >= 15 is 0 Å². The third kappa shape index (κ3) is 5.22. The number of hydrogen-bond acceptors (Lipinski definition) is 4. The van der Waals surface area contributed by atoms with Crippen LogP contribution in [-0.4, -0.2) is 19.3 Å². The SMILES string of the molecule is C=C(COc1cc(OC)ccc1CN)OC(C)(C)C. The van der Waals surface area contributed by atoms with Crippen molar-refractivity contribution in [2.45, 2.75) is 32.9 Å². The van der Waals surface area contributed by atoms with Crippen molar-refractivity contribution in [3.05, 3.63) is 36.1 Å². The number of hydrogen-bond donors (Lipinski definition) is 1. The van der Waals surface area contributed by atoms with Crippen LogP contribution in [0.2, 0.25) is 0 Å². The average molecular weight is 265 g/mol. The predicted octanol–water partition coefficient (Wildman–Crippen LogP) is 2.86. The lowest BCUT2D eigenvalue weighted by molar-refractivity contribution is 0.0373. The van der Waals surface area contributed by atoms with E-state index in [9.17, 15) is 0 Å². The van der Waals surface area contributed by atoms with E-state index in [1.807, 2.05) is 39.0 Å². The quantitative estimate of drug-likeness (QED) is 0.804. The lowest BCUT2D eigenvalue weighted by Crippen LogP contribution is -2.21. The van der Waals surface area contributed by atoms with Gasteiger partial charge >= 0.3 is 0 Å². The van der Waals surface area contributed by atoms with Crippen LogP contribution in [-0.2, 0) is 11.3 Å². The summed E-state index contributed by atoms with van der Waals surface area (Å²) < 4.78 is 16.5. The number of methoxy groups -OCH3 is 1. The molecule has 0 atom stereocenters. The Bertz CT molecular complexity index is 436. The van der Waals surface area contributed by atoms with Crippen LogP contribution in [0.5, 0.6) is 11.5 Å². The van der Waals surface area contributed by atoms with E-state index in [0.29, 0.717) is 18.1 Å². The van der Waals surface area contributed by atoms with Gasteiger partial charge in [-0.2, -0.15) is 0 Å². The van der Waals surface area contributed by atoms with Gasteiger partial charge in [0.05, 0.1) is 7.11 Å². The number of ether oxygens (including phenoxy) is 3. The molecule has 106 valence electrons. The van der Waals surface area contributed by atoms with Crippen molar-refractivity contribution in [2.24, 2.45) is 5.73 Å². The number of rotatable bonds is 6. The van der Waals surface area contributed by atoms with E-state index in [1.54, 1.807) is 7.11 Å². The Hall–Kier alpha value is -1.68. The Balaban J connectivity index is 2.68. The summed E-state index contributed by atoms with van der Waals surface area (Å²) >= 11 is 0. The molecule has 4 nitrogen and oxygen atoms in total. The summed E-state index contributed by atoms with van der Waals surface area (Å²) in [4.78, 5) is 0. The first kappa shape index (κ1) is 15.4. The lowest BCUT2D eigenvalue weighted by Gasteiger charge is -2.23. The van der Waals surface area contributed by atoms with Crippen molar-refractivity contribution < 1.29 is 14.2 Å². The third-order valence-corrected chi connectivity index (χ3v) is 2.33. The minimum atomic E-state index is -0.272. The van der Waals surface area contributed by atoms with Gasteiger partial charge in [0.15, 0.2) is 0 Å². The van der Waals surface area contributed by atoms with Crippen molar-refractivity contribution in [3.63, 3.8) is 0 Å². The molecule has 4 heteroatoms. The van der Waals surface area contributed by atoms with Crippen LogP contribution in [0.25, 0.3) is 0 Å². The first-order chi connectivity index (χ1) is 8.85. The molecule has 2 N–H and O–H groups in total. The van der Waals surface area contributed by atoms with Gasteiger partial charge in [-0.1, -0.05) is 12.6 Å². The van der Waals surface area contributed by atoms with Crippen LogP contribution >= 0.6 is 0 Å². The highest BCUT2D eigenvalue weighted by Gasteiger charge is 2.13. The molecule has 1 rings (SSSR count). The highest BCUT2D eigenvalue weighted by atomic mass is 16.5. The van der Waals surface area contributed by atoms with Crippen molar-refractivity contribution in [1.29, 1.82) is 0 Å². The van der Waals surface area contributed by atoms with Gasteiger partial charge in [0.1, 0.15) is 29.5 Å². The van der Waals surface area contributed by atoms with Crippen LogP contribution in [0.3, 0.4) is 0 Å². The Morgan fingerprint density at radius 1 is 1.32 bits per heavy atom. The summed E-state index contributed by atoms with van der Waals surface area (Å²) in [7, 11) is 1.61. The molecule has 0 fully saturated rings. The topological polar surface area (TPSA) is 53.7 Å². The van der Waals surface area contributed by atoms with Crippen LogP contribution in [0, 0.1) is 0 Å². The van der Waals surface area contributed by atoms with Gasteiger partial charge in [0.25, 0.3) is 0 Å². The lowest BCUT2D eigenvalue weighted by atomic mass is 10.2. The van der Waals surface area contributed by atoms with Crippen molar-refractivity contribution in [1.82, 2.24) is 0 Å². The minimum absolute atomic E-state index is 0.272. The maximum Gasteiger partial charge on any atom is 0.145 e. The normalized spacial score (nSPS) is 11.0. The van der Waals surface area contributed by atoms with Gasteiger partial charge < -0.3 is 19.9 Å². The Labute approximate surface area is 115 Å². The van der Waals surface area contributed by atoms with Crippen LogP contribution in [0.1, 0.15) is 26.3 Å². The second kappa shape index (κ2) is 6.48. The van der Waals surface area contributed by atoms with E-state index < -0.39 is 0 Å². The fourth-order valence-corrected chi connectivity index (χ4v) is 1.59. The fourth-order valence-electron chi connectivity index (χ4n) is 1.59. The second-order valence-corrected chi connectivity index (χ2v) is 5.22. The van der Waals surface area contributed by atoms with Crippen LogP contribution in [0.15, 0.2) is 30.5 Å². The molecule has 0 radical (unpaired) electrons. The smallest absolute Gasteiger partial charge is 0.145 e. The maximum absolute atomic E-state index is 5.69. The number of nitrogens with two attached hydrogens (primary N) is 1. The molecule has 0 amide bonds. The highest BCUT2D eigenvalue weighted by molar-refractivity contribution is 5.40. The van der Waals surface area contributed by atoms with Crippen LogP contribution in [0.4, 0.5) is 0 Å². The summed E-state index contributed by atoms with van der Waals surface area (Å²) in [6.07, 6.45) is 0. The van der Waals surface area contributed by atoms with Gasteiger partial charge in [0.2, 0.25) is 0 Å². The van der Waals surface area contributed by atoms with E-state index in [4.69, 9.17) is 19.9 Å². The Kier molecular flexibility index (Phi) is 5.24. The molecule has 0 saturated heterocycles. The standard InChI is InChI=1S/C15H23NO3/c1-11(19-15(2,3)4)10-18-14-8-13(17-5)7-6-12(14)9-16/h6-8H,1,9-10,16H2,2-5H3. The summed E-state index contributed by atoms with van der Waals surface area (Å²) in [5.41, 5.74) is 6.32. The third-order valence-electron chi connectivity index (χ3n) is 2.33. The Morgan fingerprint density at radius 2 is 2.00 bits per heavy atom. The Morgan fingerprint density at radius 3 is 2.53 bits per heavy atom. The molecule has 0 aromatic heterocycles. The molecule has 1 aromatic rings. The highest BCUT2D eigenvalue weighted by Crippen LogP contribution is 2.25. The largest absolute Gasteiger partial charge is 0.497 e. The first-order valence-corrected chi connectivity index (χ1v) is 6.22. The molecule has 0 aliphatic carbocycles. The number of benzene rings is 1. The van der Waals surface area contributed by atoms with E-state index in [1.165, 1.54) is 0 Å². The van der Waals surface area contributed by atoms with Gasteiger partial charge in [-0.15, -0.1) is 0 Å². The van der Waals surface area contributed by atoms with Crippen LogP contribution < -0.4 is 15.2 Å². The molecular weight excluding hydrogens is 242 g/mol. The van der Waals surface area contributed by atoms with E-state index in [0.717, 1.165) is 11.3 Å². The monoisotopic (exact) mass is 265 g/mol. The molecule has 0 aliphatic rings. The molecule has 0 aliphatic heterocycles. The molecular formula is C15H23NO3. The molecule has 1 aromatic carbocycles. The zero-order valence-electron chi connectivity index (χ0n) is 12.2. The van der Waals surface area contributed by atoms with Crippen molar-refractivity contribution in [3.8, 4) is 11.5 Å². The van der Waals surface area contributed by atoms with Gasteiger partial charge in [0, 0.05) is 18.2 Å². The minimum Gasteiger partial charge on any atom is -0.497 e. The fraction of sp³-hybridized carbons (Fsp3) is 0.467. The first-order valence-electron chi connectivity index (χ1n) is 6.22. The van der Waals surface area contributed by atoms with E-state index in [2.05, 4.69) is 6.58 Å². The molecule has 0 spiro atoms. The average Bonchev–Trinajstić information content (AvgIpc) is 2.33.